The molecule has 0 spiro atoms. The lowest BCUT2D eigenvalue weighted by atomic mass is 9.91. The molecule has 17 heavy (non-hydrogen) atoms. The highest BCUT2D eigenvalue weighted by molar-refractivity contribution is 5.75. The van der Waals surface area contributed by atoms with Crippen molar-refractivity contribution in [3.05, 3.63) is 0 Å². The lowest BCUT2D eigenvalue weighted by molar-refractivity contribution is -0.166. The highest BCUT2D eigenvalue weighted by Gasteiger charge is 2.28. The van der Waals surface area contributed by atoms with Gasteiger partial charge in [-0.3, -0.25) is 9.59 Å². The Kier molecular flexibility index (Phi) is 6.80. The fourth-order valence-electron chi connectivity index (χ4n) is 0.902. The Morgan fingerprint density at radius 1 is 1.29 bits per heavy atom. The van der Waals surface area contributed by atoms with Crippen LogP contribution in [0.3, 0.4) is 0 Å². The largest absolute Gasteiger partial charge is 0.461 e. The summed E-state index contributed by atoms with van der Waals surface area (Å²) in [5.74, 6) is -0.777. The molecule has 1 N–H and O–H groups in total. The molecule has 0 fully saturated rings. The highest BCUT2D eigenvalue weighted by atomic mass is 16.6. The van der Waals surface area contributed by atoms with Crippen molar-refractivity contribution in [2.24, 2.45) is 5.41 Å². The zero-order valence-corrected chi connectivity index (χ0v) is 11.0. The third-order valence-corrected chi connectivity index (χ3v) is 2.63. The van der Waals surface area contributed by atoms with E-state index in [2.05, 4.69) is 0 Å². The summed E-state index contributed by atoms with van der Waals surface area (Å²) in [6.45, 7) is 6.64. The van der Waals surface area contributed by atoms with Crippen LogP contribution in [0.5, 0.6) is 0 Å². The fourth-order valence-corrected chi connectivity index (χ4v) is 0.902. The van der Waals surface area contributed by atoms with Gasteiger partial charge >= 0.3 is 11.9 Å². The third-order valence-electron chi connectivity index (χ3n) is 2.63. The molecular weight excluding hydrogens is 224 g/mol. The quantitative estimate of drug-likeness (QED) is 0.685. The van der Waals surface area contributed by atoms with Crippen LogP contribution in [0, 0.1) is 5.41 Å². The molecule has 0 aromatic heterocycles. The second kappa shape index (κ2) is 7.27. The lowest BCUT2D eigenvalue weighted by Crippen LogP contribution is -2.32. The van der Waals surface area contributed by atoms with Gasteiger partial charge in [-0.05, 0) is 20.3 Å². The molecule has 5 nitrogen and oxygen atoms in total. The standard InChI is InChI=1S/C12H22O5/c1-5-10(14)17-9(7-13)8-16-11(15)12(3,4)6-2/h9,13H,5-8H2,1-4H3. The van der Waals surface area contributed by atoms with E-state index in [1.165, 1.54) is 0 Å². The van der Waals surface area contributed by atoms with Crippen molar-refractivity contribution in [3.63, 3.8) is 0 Å². The van der Waals surface area contributed by atoms with E-state index in [-0.39, 0.29) is 25.6 Å². The molecule has 0 saturated carbocycles. The van der Waals surface area contributed by atoms with Gasteiger partial charge in [0.15, 0.2) is 6.10 Å². The monoisotopic (exact) mass is 246 g/mol. The maximum absolute atomic E-state index is 11.6. The van der Waals surface area contributed by atoms with E-state index in [0.29, 0.717) is 6.42 Å². The normalized spacial score (nSPS) is 13.0. The van der Waals surface area contributed by atoms with Crippen molar-refractivity contribution >= 4 is 11.9 Å². The molecule has 100 valence electrons. The summed E-state index contributed by atoms with van der Waals surface area (Å²) in [5.41, 5.74) is -0.561. The molecule has 0 rings (SSSR count). The fraction of sp³-hybridized carbons (Fsp3) is 0.833. The maximum Gasteiger partial charge on any atom is 0.311 e. The predicted molar refractivity (Wildman–Crippen MR) is 62.3 cm³/mol. The molecule has 0 aliphatic carbocycles. The Labute approximate surface area is 102 Å². The number of carbonyl (C=O) groups is 2. The first-order valence-corrected chi connectivity index (χ1v) is 5.84. The van der Waals surface area contributed by atoms with Gasteiger partial charge in [-0.2, -0.15) is 0 Å². The second-order valence-corrected chi connectivity index (χ2v) is 4.48. The van der Waals surface area contributed by atoms with E-state index >= 15 is 0 Å². The number of aliphatic hydroxyl groups excluding tert-OH is 1. The minimum atomic E-state index is -0.779. The molecule has 0 heterocycles. The van der Waals surface area contributed by atoms with Crippen molar-refractivity contribution in [1.82, 2.24) is 0 Å². The number of hydrogen-bond acceptors (Lipinski definition) is 5. The average molecular weight is 246 g/mol. The van der Waals surface area contributed by atoms with Gasteiger partial charge in [0.2, 0.25) is 0 Å². The molecule has 0 aliphatic rings. The van der Waals surface area contributed by atoms with Gasteiger partial charge in [0, 0.05) is 6.42 Å². The number of ether oxygens (including phenoxy) is 2. The van der Waals surface area contributed by atoms with Gasteiger partial charge in [0.05, 0.1) is 12.0 Å². The summed E-state index contributed by atoms with van der Waals surface area (Å²) in [4.78, 5) is 22.6. The molecule has 0 aromatic carbocycles. The van der Waals surface area contributed by atoms with Crippen molar-refractivity contribution in [2.75, 3.05) is 13.2 Å². The van der Waals surface area contributed by atoms with Crippen molar-refractivity contribution < 1.29 is 24.2 Å². The first-order valence-electron chi connectivity index (χ1n) is 5.84. The Morgan fingerprint density at radius 2 is 1.88 bits per heavy atom. The Morgan fingerprint density at radius 3 is 2.29 bits per heavy atom. The van der Waals surface area contributed by atoms with Crippen LogP contribution in [-0.4, -0.2) is 36.4 Å². The predicted octanol–water partition coefficient (Wildman–Crippen LogP) is 1.28. The Hall–Kier alpha value is -1.10. The topological polar surface area (TPSA) is 72.8 Å². The van der Waals surface area contributed by atoms with Gasteiger partial charge in [0.1, 0.15) is 6.61 Å². The number of rotatable bonds is 7. The molecule has 0 aliphatic heterocycles. The van der Waals surface area contributed by atoms with Gasteiger partial charge in [-0.1, -0.05) is 13.8 Å². The van der Waals surface area contributed by atoms with Crippen molar-refractivity contribution in [3.8, 4) is 0 Å². The number of hydrogen-bond donors (Lipinski definition) is 1. The van der Waals surface area contributed by atoms with Crippen LogP contribution >= 0.6 is 0 Å². The minimum Gasteiger partial charge on any atom is -0.461 e. The van der Waals surface area contributed by atoms with E-state index in [4.69, 9.17) is 14.6 Å². The highest BCUT2D eigenvalue weighted by Crippen LogP contribution is 2.21. The SMILES string of the molecule is CCC(=O)OC(CO)COC(=O)C(C)(C)CC. The van der Waals surface area contributed by atoms with Crippen LogP contribution < -0.4 is 0 Å². The summed E-state index contributed by atoms with van der Waals surface area (Å²) >= 11 is 0. The Balaban J connectivity index is 4.15. The van der Waals surface area contributed by atoms with E-state index < -0.39 is 17.5 Å². The van der Waals surface area contributed by atoms with E-state index in [0.717, 1.165) is 0 Å². The van der Waals surface area contributed by atoms with Gasteiger partial charge < -0.3 is 14.6 Å². The summed E-state index contributed by atoms with van der Waals surface area (Å²) < 4.78 is 9.90. The molecule has 1 unspecified atom stereocenters. The Bertz CT molecular complexity index is 260. The molecule has 1 atom stereocenters. The molecule has 0 saturated heterocycles. The first-order chi connectivity index (χ1) is 7.87. The zero-order valence-electron chi connectivity index (χ0n) is 11.0. The van der Waals surface area contributed by atoms with E-state index in [1.807, 2.05) is 6.92 Å². The van der Waals surface area contributed by atoms with Crippen molar-refractivity contribution in [1.29, 1.82) is 0 Å². The first kappa shape index (κ1) is 15.9. The summed E-state index contributed by atoms with van der Waals surface area (Å²) in [6, 6.07) is 0. The summed E-state index contributed by atoms with van der Waals surface area (Å²) in [7, 11) is 0. The molecular formula is C12H22O5. The number of aliphatic hydroxyl groups is 1. The minimum absolute atomic E-state index is 0.107. The maximum atomic E-state index is 11.6. The lowest BCUT2D eigenvalue weighted by Gasteiger charge is -2.22. The van der Waals surface area contributed by atoms with Gasteiger partial charge in [0.25, 0.3) is 0 Å². The molecule has 0 radical (unpaired) electrons. The molecule has 5 heteroatoms. The average Bonchev–Trinajstić information content (AvgIpc) is 2.33. The number of esters is 2. The van der Waals surface area contributed by atoms with Gasteiger partial charge in [-0.25, -0.2) is 0 Å². The molecule has 0 bridgehead atoms. The van der Waals surface area contributed by atoms with E-state index in [9.17, 15) is 9.59 Å². The van der Waals surface area contributed by atoms with E-state index in [1.54, 1.807) is 20.8 Å². The van der Waals surface area contributed by atoms with Crippen LogP contribution in [0.15, 0.2) is 0 Å². The zero-order chi connectivity index (χ0) is 13.5. The molecule has 0 aromatic rings. The van der Waals surface area contributed by atoms with Crippen LogP contribution in [0.2, 0.25) is 0 Å². The summed E-state index contributed by atoms with van der Waals surface area (Å²) in [5, 5.41) is 8.97. The van der Waals surface area contributed by atoms with Crippen LogP contribution in [-0.2, 0) is 19.1 Å². The smallest absolute Gasteiger partial charge is 0.311 e. The molecule has 0 amide bonds. The number of carbonyl (C=O) groups excluding carboxylic acids is 2. The van der Waals surface area contributed by atoms with Gasteiger partial charge in [-0.15, -0.1) is 0 Å². The van der Waals surface area contributed by atoms with Crippen LogP contribution in [0.25, 0.3) is 0 Å². The van der Waals surface area contributed by atoms with Crippen molar-refractivity contribution in [2.45, 2.75) is 46.6 Å². The summed E-state index contributed by atoms with van der Waals surface area (Å²) in [6.07, 6.45) is 0.106. The second-order valence-electron chi connectivity index (χ2n) is 4.48. The van der Waals surface area contributed by atoms with Crippen LogP contribution in [0.4, 0.5) is 0 Å². The van der Waals surface area contributed by atoms with Crippen LogP contribution in [0.1, 0.15) is 40.5 Å². The third kappa shape index (κ3) is 5.68.